The molecule has 0 aliphatic heterocycles. The molecule has 1 heterocycles. The van der Waals surface area contributed by atoms with Crippen LogP contribution in [0.5, 0.6) is 0 Å². The lowest BCUT2D eigenvalue weighted by Crippen LogP contribution is -2.04. The number of halogens is 1. The molecular formula is C12H12BrNS. The molecule has 2 rings (SSSR count). The maximum atomic E-state index is 3.45. The molecule has 0 atom stereocenters. The summed E-state index contributed by atoms with van der Waals surface area (Å²) in [5, 5.41) is 7.60. The largest absolute Gasteiger partial charge is 0.316 e. The lowest BCUT2D eigenvalue weighted by molar-refractivity contribution is 0.822. The lowest BCUT2D eigenvalue weighted by atomic mass is 10.1. The van der Waals surface area contributed by atoms with Crippen LogP contribution in [0.4, 0.5) is 0 Å². The zero-order valence-corrected chi connectivity index (χ0v) is 10.9. The predicted octanol–water partition coefficient (Wildman–Crippen LogP) is 3.90. The molecule has 0 fully saturated rings. The van der Waals surface area contributed by atoms with E-state index in [4.69, 9.17) is 0 Å². The van der Waals surface area contributed by atoms with Gasteiger partial charge in [0.2, 0.25) is 0 Å². The summed E-state index contributed by atoms with van der Waals surface area (Å²) < 4.78 is 1.12. The molecule has 0 spiro atoms. The highest BCUT2D eigenvalue weighted by Crippen LogP contribution is 2.28. The van der Waals surface area contributed by atoms with Gasteiger partial charge in [0.1, 0.15) is 0 Å². The minimum absolute atomic E-state index is 0.925. The Morgan fingerprint density at radius 2 is 1.93 bits per heavy atom. The van der Waals surface area contributed by atoms with E-state index in [0.717, 1.165) is 11.0 Å². The van der Waals surface area contributed by atoms with E-state index in [2.05, 4.69) is 56.3 Å². The normalized spacial score (nSPS) is 10.5. The van der Waals surface area contributed by atoms with Crippen molar-refractivity contribution < 1.29 is 0 Å². The molecule has 15 heavy (non-hydrogen) atoms. The molecule has 78 valence electrons. The second-order valence-electron chi connectivity index (χ2n) is 3.35. The van der Waals surface area contributed by atoms with Gasteiger partial charge >= 0.3 is 0 Å². The minimum Gasteiger partial charge on any atom is -0.316 e. The summed E-state index contributed by atoms with van der Waals surface area (Å²) in [6, 6.07) is 8.45. The Labute approximate surface area is 102 Å². The van der Waals surface area contributed by atoms with Gasteiger partial charge in [0, 0.05) is 11.0 Å². The van der Waals surface area contributed by atoms with E-state index in [1.165, 1.54) is 16.7 Å². The van der Waals surface area contributed by atoms with E-state index in [1.54, 1.807) is 11.3 Å². The Morgan fingerprint density at radius 3 is 2.60 bits per heavy atom. The van der Waals surface area contributed by atoms with Crippen molar-refractivity contribution in [3.63, 3.8) is 0 Å². The first-order chi connectivity index (χ1) is 7.31. The lowest BCUT2D eigenvalue weighted by Gasteiger charge is -2.03. The quantitative estimate of drug-likeness (QED) is 0.900. The SMILES string of the molecule is CNCc1cscc1-c1ccc(Br)cc1. The van der Waals surface area contributed by atoms with Crippen molar-refractivity contribution in [1.82, 2.24) is 5.32 Å². The number of hydrogen-bond acceptors (Lipinski definition) is 2. The summed E-state index contributed by atoms with van der Waals surface area (Å²) in [7, 11) is 1.98. The average Bonchev–Trinajstić information content (AvgIpc) is 2.68. The highest BCUT2D eigenvalue weighted by Gasteiger charge is 2.05. The van der Waals surface area contributed by atoms with Crippen molar-refractivity contribution in [3.8, 4) is 11.1 Å². The standard InChI is InChI=1S/C12H12BrNS/c1-14-6-10-7-15-8-12(10)9-2-4-11(13)5-3-9/h2-5,7-8,14H,6H2,1H3. The van der Waals surface area contributed by atoms with Crippen molar-refractivity contribution >= 4 is 27.3 Å². The van der Waals surface area contributed by atoms with Gasteiger partial charge in [-0.05, 0) is 46.6 Å². The van der Waals surface area contributed by atoms with E-state index in [-0.39, 0.29) is 0 Å². The highest BCUT2D eigenvalue weighted by atomic mass is 79.9. The third-order valence-corrected chi connectivity index (χ3v) is 3.59. The topological polar surface area (TPSA) is 12.0 Å². The second kappa shape index (κ2) is 4.92. The van der Waals surface area contributed by atoms with Gasteiger partial charge in [-0.3, -0.25) is 0 Å². The van der Waals surface area contributed by atoms with E-state index >= 15 is 0 Å². The Hall–Kier alpha value is -0.640. The molecular weight excluding hydrogens is 270 g/mol. The van der Waals surface area contributed by atoms with E-state index < -0.39 is 0 Å². The molecule has 2 aromatic rings. The van der Waals surface area contributed by atoms with Crippen LogP contribution in [0, 0.1) is 0 Å². The van der Waals surface area contributed by atoms with Crippen molar-refractivity contribution in [1.29, 1.82) is 0 Å². The van der Waals surface area contributed by atoms with Gasteiger partial charge in [0.15, 0.2) is 0 Å². The van der Waals surface area contributed by atoms with Crippen LogP contribution in [0.25, 0.3) is 11.1 Å². The van der Waals surface area contributed by atoms with Crippen LogP contribution in [-0.4, -0.2) is 7.05 Å². The first-order valence-electron chi connectivity index (χ1n) is 4.77. The van der Waals surface area contributed by atoms with Crippen molar-refractivity contribution in [2.45, 2.75) is 6.54 Å². The van der Waals surface area contributed by atoms with Crippen molar-refractivity contribution in [2.75, 3.05) is 7.05 Å². The molecule has 0 unspecified atom stereocenters. The number of thiophene rings is 1. The molecule has 0 saturated heterocycles. The number of hydrogen-bond donors (Lipinski definition) is 1. The molecule has 0 radical (unpaired) electrons. The fourth-order valence-electron chi connectivity index (χ4n) is 1.53. The van der Waals surface area contributed by atoms with Gasteiger partial charge in [0.05, 0.1) is 0 Å². The van der Waals surface area contributed by atoms with Gasteiger partial charge < -0.3 is 5.32 Å². The third-order valence-electron chi connectivity index (χ3n) is 2.26. The summed E-state index contributed by atoms with van der Waals surface area (Å²) >= 11 is 5.20. The number of benzene rings is 1. The monoisotopic (exact) mass is 281 g/mol. The Morgan fingerprint density at radius 1 is 1.20 bits per heavy atom. The van der Waals surface area contributed by atoms with Crippen LogP contribution in [-0.2, 0) is 6.54 Å². The highest BCUT2D eigenvalue weighted by molar-refractivity contribution is 9.10. The molecule has 1 N–H and O–H groups in total. The Bertz CT molecular complexity index is 433. The average molecular weight is 282 g/mol. The molecule has 0 amide bonds. The molecule has 1 nitrogen and oxygen atoms in total. The molecule has 3 heteroatoms. The molecule has 0 bridgehead atoms. The summed E-state index contributed by atoms with van der Waals surface area (Å²) in [4.78, 5) is 0. The van der Waals surface area contributed by atoms with Gasteiger partial charge in [-0.25, -0.2) is 0 Å². The summed E-state index contributed by atoms with van der Waals surface area (Å²) in [5.41, 5.74) is 3.98. The summed E-state index contributed by atoms with van der Waals surface area (Å²) in [6.45, 7) is 0.925. The van der Waals surface area contributed by atoms with Crippen LogP contribution >= 0.6 is 27.3 Å². The van der Waals surface area contributed by atoms with Gasteiger partial charge in [-0.15, -0.1) is 0 Å². The first-order valence-corrected chi connectivity index (χ1v) is 6.50. The fraction of sp³-hybridized carbons (Fsp3) is 0.167. The smallest absolute Gasteiger partial charge is 0.0216 e. The first kappa shape index (κ1) is 10.9. The Kier molecular flexibility index (Phi) is 3.57. The molecule has 1 aromatic heterocycles. The zero-order valence-electron chi connectivity index (χ0n) is 8.46. The van der Waals surface area contributed by atoms with E-state index in [9.17, 15) is 0 Å². The molecule has 0 aliphatic rings. The number of nitrogens with one attached hydrogen (secondary N) is 1. The summed E-state index contributed by atoms with van der Waals surface area (Å²) in [6.07, 6.45) is 0. The molecule has 0 saturated carbocycles. The fourth-order valence-corrected chi connectivity index (χ4v) is 2.66. The maximum absolute atomic E-state index is 3.45. The van der Waals surface area contributed by atoms with Crippen LogP contribution in [0.15, 0.2) is 39.5 Å². The molecule has 0 aliphatic carbocycles. The minimum atomic E-state index is 0.925. The summed E-state index contributed by atoms with van der Waals surface area (Å²) in [5.74, 6) is 0. The van der Waals surface area contributed by atoms with Crippen LogP contribution < -0.4 is 5.32 Å². The number of rotatable bonds is 3. The van der Waals surface area contributed by atoms with E-state index in [0.29, 0.717) is 0 Å². The van der Waals surface area contributed by atoms with Crippen molar-refractivity contribution in [3.05, 3.63) is 45.1 Å². The Balaban J connectivity index is 2.36. The van der Waals surface area contributed by atoms with Gasteiger partial charge in [0.25, 0.3) is 0 Å². The van der Waals surface area contributed by atoms with Crippen LogP contribution in [0.1, 0.15) is 5.56 Å². The van der Waals surface area contributed by atoms with Gasteiger partial charge in [-0.2, -0.15) is 11.3 Å². The van der Waals surface area contributed by atoms with Crippen LogP contribution in [0.2, 0.25) is 0 Å². The maximum Gasteiger partial charge on any atom is 0.0216 e. The van der Waals surface area contributed by atoms with Crippen LogP contribution in [0.3, 0.4) is 0 Å². The second-order valence-corrected chi connectivity index (χ2v) is 5.01. The zero-order chi connectivity index (χ0) is 10.7. The van der Waals surface area contributed by atoms with Crippen molar-refractivity contribution in [2.24, 2.45) is 0 Å². The van der Waals surface area contributed by atoms with Gasteiger partial charge in [-0.1, -0.05) is 28.1 Å². The predicted molar refractivity (Wildman–Crippen MR) is 70.2 cm³/mol. The van der Waals surface area contributed by atoms with E-state index in [1.807, 2.05) is 7.05 Å². The third kappa shape index (κ3) is 2.48. The molecule has 1 aromatic carbocycles.